The number of esters is 2. The van der Waals surface area contributed by atoms with Crippen LogP contribution >= 0.6 is 0 Å². The lowest BCUT2D eigenvalue weighted by atomic mass is 9.89. The van der Waals surface area contributed by atoms with Crippen molar-refractivity contribution < 1.29 is 19.1 Å². The monoisotopic (exact) mass is 381 g/mol. The van der Waals surface area contributed by atoms with Crippen LogP contribution < -0.4 is 0 Å². The van der Waals surface area contributed by atoms with Gasteiger partial charge in [-0.25, -0.2) is 9.59 Å². The highest BCUT2D eigenvalue weighted by molar-refractivity contribution is 5.88. The molecule has 0 saturated heterocycles. The Hall–Kier alpha value is -1.62. The van der Waals surface area contributed by atoms with Gasteiger partial charge in [0, 0.05) is 17.6 Å². The summed E-state index contributed by atoms with van der Waals surface area (Å²) in [6, 6.07) is 0. The molecule has 0 N–H and O–H groups in total. The fourth-order valence-electron chi connectivity index (χ4n) is 3.17. The second-order valence-corrected chi connectivity index (χ2v) is 7.27. The number of carbonyl (C=O) groups excluding carboxylic acids is 2. The van der Waals surface area contributed by atoms with Crippen molar-refractivity contribution in [2.45, 2.75) is 79.4 Å². The predicted molar refractivity (Wildman–Crippen MR) is 110 cm³/mol. The SMILES string of the molecule is C=C(C)C(=O)OCC(CC(CC)CCCC)(OC(=O)C(=C)C)N(CC)CC. The standard InChI is InChI=1S/C22H39NO4/c1-9-13-14-19(10-2)15-22(23(11-3)12-4,27-21(25)18(7)8)16-26-20(24)17(5)6/h19H,5,7,9-16H2,1-4,6,8H3. The maximum absolute atomic E-state index is 12.5. The van der Waals surface area contributed by atoms with Gasteiger partial charge >= 0.3 is 11.9 Å². The van der Waals surface area contributed by atoms with E-state index in [2.05, 4.69) is 31.9 Å². The molecule has 0 radical (unpaired) electrons. The number of likely N-dealkylation sites (N-methyl/N-ethyl adjacent to an activating group) is 1. The Bertz CT molecular complexity index is 510. The molecule has 156 valence electrons. The number of rotatable bonds is 14. The molecule has 0 aliphatic carbocycles. The van der Waals surface area contributed by atoms with Crippen molar-refractivity contribution in [2.75, 3.05) is 19.7 Å². The number of unbranched alkanes of at least 4 members (excludes halogenated alkanes) is 1. The molecule has 5 nitrogen and oxygen atoms in total. The number of carbonyl (C=O) groups is 2. The Morgan fingerprint density at radius 2 is 1.56 bits per heavy atom. The summed E-state index contributed by atoms with van der Waals surface area (Å²) in [6.07, 6.45) is 4.88. The van der Waals surface area contributed by atoms with E-state index in [1.165, 1.54) is 0 Å². The summed E-state index contributed by atoms with van der Waals surface area (Å²) < 4.78 is 11.5. The minimum Gasteiger partial charge on any atom is -0.457 e. The third kappa shape index (κ3) is 8.29. The van der Waals surface area contributed by atoms with Gasteiger partial charge in [-0.3, -0.25) is 4.90 Å². The molecule has 2 unspecified atom stereocenters. The van der Waals surface area contributed by atoms with Gasteiger partial charge in [0.1, 0.15) is 6.61 Å². The molecule has 0 aliphatic rings. The Kier molecular flexibility index (Phi) is 11.9. The summed E-state index contributed by atoms with van der Waals surface area (Å²) in [5.74, 6) is -0.565. The quantitative estimate of drug-likeness (QED) is 0.244. The van der Waals surface area contributed by atoms with Crippen LogP contribution in [0.2, 0.25) is 0 Å². The van der Waals surface area contributed by atoms with Crippen molar-refractivity contribution in [1.82, 2.24) is 4.90 Å². The van der Waals surface area contributed by atoms with Gasteiger partial charge < -0.3 is 9.47 Å². The summed E-state index contributed by atoms with van der Waals surface area (Å²) in [5, 5.41) is 0. The Balaban J connectivity index is 5.86. The number of ether oxygens (including phenoxy) is 2. The molecule has 0 aromatic carbocycles. The first-order valence-corrected chi connectivity index (χ1v) is 10.1. The average Bonchev–Trinajstić information content (AvgIpc) is 2.63. The van der Waals surface area contributed by atoms with Crippen LogP contribution in [0.4, 0.5) is 0 Å². The summed E-state index contributed by atoms with van der Waals surface area (Å²) in [7, 11) is 0. The Morgan fingerprint density at radius 1 is 1.00 bits per heavy atom. The lowest BCUT2D eigenvalue weighted by Gasteiger charge is -2.43. The van der Waals surface area contributed by atoms with Crippen molar-refractivity contribution in [3.63, 3.8) is 0 Å². The fraction of sp³-hybridized carbons (Fsp3) is 0.727. The van der Waals surface area contributed by atoms with Crippen LogP contribution in [0, 0.1) is 5.92 Å². The van der Waals surface area contributed by atoms with Gasteiger partial charge in [0.15, 0.2) is 0 Å². The van der Waals surface area contributed by atoms with Crippen molar-refractivity contribution in [3.8, 4) is 0 Å². The van der Waals surface area contributed by atoms with E-state index in [9.17, 15) is 9.59 Å². The molecule has 27 heavy (non-hydrogen) atoms. The van der Waals surface area contributed by atoms with Gasteiger partial charge in [-0.1, -0.05) is 66.5 Å². The van der Waals surface area contributed by atoms with E-state index in [1.807, 2.05) is 13.8 Å². The van der Waals surface area contributed by atoms with Gasteiger partial charge in [0.25, 0.3) is 0 Å². The lowest BCUT2D eigenvalue weighted by Crippen LogP contribution is -2.56. The summed E-state index contributed by atoms with van der Waals surface area (Å²) >= 11 is 0. The van der Waals surface area contributed by atoms with Crippen molar-refractivity contribution in [3.05, 3.63) is 24.3 Å². The first-order chi connectivity index (χ1) is 12.7. The van der Waals surface area contributed by atoms with Crippen LogP contribution in [0.3, 0.4) is 0 Å². The van der Waals surface area contributed by atoms with E-state index in [-0.39, 0.29) is 6.61 Å². The molecule has 0 aliphatic heterocycles. The van der Waals surface area contributed by atoms with Crippen molar-refractivity contribution >= 4 is 11.9 Å². The van der Waals surface area contributed by atoms with Crippen LogP contribution in [0.5, 0.6) is 0 Å². The molecule has 0 heterocycles. The highest BCUT2D eigenvalue weighted by Crippen LogP contribution is 2.32. The molecule has 0 spiro atoms. The summed E-state index contributed by atoms with van der Waals surface area (Å²) in [6.45, 7) is 20.3. The molecule has 0 amide bonds. The van der Waals surface area contributed by atoms with Crippen LogP contribution in [-0.2, 0) is 19.1 Å². The van der Waals surface area contributed by atoms with Crippen LogP contribution in [-0.4, -0.2) is 42.3 Å². The smallest absolute Gasteiger partial charge is 0.335 e. The molecule has 0 fully saturated rings. The highest BCUT2D eigenvalue weighted by Gasteiger charge is 2.42. The average molecular weight is 382 g/mol. The van der Waals surface area contributed by atoms with E-state index in [1.54, 1.807) is 13.8 Å². The van der Waals surface area contributed by atoms with Gasteiger partial charge in [-0.05, 0) is 32.9 Å². The summed E-state index contributed by atoms with van der Waals surface area (Å²) in [4.78, 5) is 26.6. The predicted octanol–water partition coefficient (Wildman–Crippen LogP) is 4.87. The minimum atomic E-state index is -1.00. The molecule has 0 rings (SSSR count). The molecule has 2 atom stereocenters. The first kappa shape index (κ1) is 25.4. The number of nitrogens with zero attached hydrogens (tertiary/aromatic N) is 1. The molecule has 0 aromatic heterocycles. The van der Waals surface area contributed by atoms with Crippen LogP contribution in [0.1, 0.15) is 73.6 Å². The molecule has 0 saturated carbocycles. The molecule has 0 bridgehead atoms. The van der Waals surface area contributed by atoms with E-state index in [0.717, 1.165) is 25.7 Å². The third-order valence-electron chi connectivity index (χ3n) is 4.90. The van der Waals surface area contributed by atoms with E-state index in [0.29, 0.717) is 36.6 Å². The van der Waals surface area contributed by atoms with Gasteiger partial charge in [0.05, 0.1) is 0 Å². The largest absolute Gasteiger partial charge is 0.457 e. The second-order valence-electron chi connectivity index (χ2n) is 7.27. The van der Waals surface area contributed by atoms with E-state index < -0.39 is 17.7 Å². The highest BCUT2D eigenvalue weighted by atomic mass is 16.6. The Morgan fingerprint density at radius 3 is 1.96 bits per heavy atom. The normalized spacial score (nSPS) is 14.3. The second kappa shape index (κ2) is 12.7. The molecular formula is C22H39NO4. The zero-order chi connectivity index (χ0) is 21.0. The van der Waals surface area contributed by atoms with Crippen molar-refractivity contribution in [2.24, 2.45) is 5.92 Å². The van der Waals surface area contributed by atoms with Gasteiger partial charge in [-0.2, -0.15) is 0 Å². The Labute approximate surface area is 165 Å². The fourth-order valence-corrected chi connectivity index (χ4v) is 3.17. The van der Waals surface area contributed by atoms with Gasteiger partial charge in [0.2, 0.25) is 5.72 Å². The molecule has 0 aromatic rings. The van der Waals surface area contributed by atoms with Crippen LogP contribution in [0.25, 0.3) is 0 Å². The van der Waals surface area contributed by atoms with Crippen molar-refractivity contribution in [1.29, 1.82) is 0 Å². The zero-order valence-electron chi connectivity index (χ0n) is 18.2. The topological polar surface area (TPSA) is 55.8 Å². The molecule has 5 heteroatoms. The zero-order valence-corrected chi connectivity index (χ0v) is 18.2. The minimum absolute atomic E-state index is 0.0119. The maximum atomic E-state index is 12.5. The maximum Gasteiger partial charge on any atom is 0.335 e. The molecular weight excluding hydrogens is 342 g/mol. The van der Waals surface area contributed by atoms with E-state index >= 15 is 0 Å². The number of hydrogen-bond acceptors (Lipinski definition) is 5. The summed E-state index contributed by atoms with van der Waals surface area (Å²) in [5.41, 5.74) is -0.342. The third-order valence-corrected chi connectivity index (χ3v) is 4.90. The van der Waals surface area contributed by atoms with Gasteiger partial charge in [-0.15, -0.1) is 0 Å². The van der Waals surface area contributed by atoms with E-state index in [4.69, 9.17) is 9.47 Å². The lowest BCUT2D eigenvalue weighted by molar-refractivity contribution is -0.204. The number of hydrogen-bond donors (Lipinski definition) is 0. The first-order valence-electron chi connectivity index (χ1n) is 10.1. The van der Waals surface area contributed by atoms with Crippen LogP contribution in [0.15, 0.2) is 24.3 Å².